The first-order valence-corrected chi connectivity index (χ1v) is 9.12. The molecular formula is C16H25N7O8. The summed E-state index contributed by atoms with van der Waals surface area (Å²) in [7, 11) is 1.55. The maximum absolute atomic E-state index is 12.4. The van der Waals surface area contributed by atoms with E-state index in [1.165, 1.54) is 6.07 Å². The Morgan fingerprint density at radius 1 is 1.32 bits per heavy atom. The lowest BCUT2D eigenvalue weighted by Gasteiger charge is -2.42. The van der Waals surface area contributed by atoms with Crippen molar-refractivity contribution in [1.29, 1.82) is 0 Å². The van der Waals surface area contributed by atoms with Crippen LogP contribution in [-0.2, 0) is 19.1 Å². The zero-order valence-electron chi connectivity index (χ0n) is 16.5. The van der Waals surface area contributed by atoms with Crippen LogP contribution in [0.2, 0.25) is 0 Å². The van der Waals surface area contributed by atoms with Crippen LogP contribution in [-0.4, -0.2) is 93.2 Å². The molecule has 0 aliphatic carbocycles. The number of aliphatic hydroxyl groups is 3. The standard InChI is InChI=1S/C16H25N7O8/c1-19-4-8(25)20-7-2-3-23(16(30)21-7)15-11(27)9(22-14(29)6(17)5-24)10(26)12(31-15)13(18)28/h2-3,6,9-12,15,19,24,26-27H,4-5,17H2,1H3,(H2,18,28)(H,22,29)(H,20,21,25,30)/t6-,9+,10-,11+,12-,15+/m0/s1. The number of ether oxygens (including phenoxy) is 1. The van der Waals surface area contributed by atoms with Crippen molar-refractivity contribution in [3.05, 3.63) is 22.7 Å². The van der Waals surface area contributed by atoms with Crippen LogP contribution in [0.5, 0.6) is 0 Å². The number of nitrogens with one attached hydrogen (secondary N) is 3. The van der Waals surface area contributed by atoms with Crippen molar-refractivity contribution in [1.82, 2.24) is 20.2 Å². The second-order valence-electron chi connectivity index (χ2n) is 6.74. The number of nitrogens with two attached hydrogens (primary N) is 2. The summed E-state index contributed by atoms with van der Waals surface area (Å²) in [6.07, 6.45) is -5.68. The summed E-state index contributed by atoms with van der Waals surface area (Å²) in [5, 5.41) is 37.2. The van der Waals surface area contributed by atoms with Crippen molar-refractivity contribution in [2.24, 2.45) is 11.5 Å². The zero-order valence-corrected chi connectivity index (χ0v) is 16.5. The molecule has 0 saturated carbocycles. The smallest absolute Gasteiger partial charge is 0.351 e. The first kappa shape index (κ1) is 24.3. The monoisotopic (exact) mass is 443 g/mol. The Bertz CT molecular complexity index is 878. The number of primary amides is 1. The predicted octanol–water partition coefficient (Wildman–Crippen LogP) is -5.69. The highest BCUT2D eigenvalue weighted by atomic mass is 16.5. The number of amides is 3. The molecule has 1 aliphatic rings. The Labute approximate surface area is 175 Å². The number of carbonyl (C=O) groups excluding carboxylic acids is 3. The van der Waals surface area contributed by atoms with E-state index in [-0.39, 0.29) is 12.4 Å². The van der Waals surface area contributed by atoms with Gasteiger partial charge >= 0.3 is 5.69 Å². The Balaban J connectivity index is 2.33. The third-order valence-electron chi connectivity index (χ3n) is 4.46. The maximum atomic E-state index is 12.4. The highest BCUT2D eigenvalue weighted by Crippen LogP contribution is 2.27. The number of nitrogens with zero attached hydrogens (tertiary/aromatic N) is 2. The fourth-order valence-electron chi connectivity index (χ4n) is 2.89. The molecule has 0 bridgehead atoms. The normalized spacial score (nSPS) is 26.7. The Kier molecular flexibility index (Phi) is 8.14. The van der Waals surface area contributed by atoms with Crippen LogP contribution in [0.15, 0.2) is 17.1 Å². The van der Waals surface area contributed by atoms with E-state index in [9.17, 15) is 29.4 Å². The minimum Gasteiger partial charge on any atom is -0.394 e. The summed E-state index contributed by atoms with van der Waals surface area (Å²) in [6, 6.07) is -1.65. The number of carbonyl (C=O) groups is 3. The molecule has 2 heterocycles. The number of anilines is 1. The number of aliphatic hydroxyl groups excluding tert-OH is 3. The third kappa shape index (κ3) is 5.60. The molecule has 1 aromatic rings. The van der Waals surface area contributed by atoms with Crippen molar-refractivity contribution in [2.45, 2.75) is 36.6 Å². The third-order valence-corrected chi connectivity index (χ3v) is 4.46. The lowest BCUT2D eigenvalue weighted by Crippen LogP contribution is -2.66. The topological polar surface area (TPSA) is 244 Å². The summed E-state index contributed by atoms with van der Waals surface area (Å²) in [6.45, 7) is -0.737. The SMILES string of the molecule is CNCC(=O)Nc1ccn([C@@H]2O[C@H](C(N)=O)[C@@H](O)[C@@H](NC(=O)[C@@H](N)CO)[C@H]2O)c(=O)n1. The van der Waals surface area contributed by atoms with Gasteiger partial charge in [-0.2, -0.15) is 4.98 Å². The molecule has 1 aliphatic heterocycles. The zero-order chi connectivity index (χ0) is 23.3. The number of rotatable bonds is 8. The molecule has 1 saturated heterocycles. The van der Waals surface area contributed by atoms with E-state index in [0.29, 0.717) is 0 Å². The van der Waals surface area contributed by atoms with Crippen LogP contribution >= 0.6 is 0 Å². The first-order valence-electron chi connectivity index (χ1n) is 9.12. The van der Waals surface area contributed by atoms with Crippen LogP contribution < -0.4 is 33.1 Å². The molecule has 15 heteroatoms. The molecule has 0 aromatic carbocycles. The Morgan fingerprint density at radius 3 is 2.55 bits per heavy atom. The van der Waals surface area contributed by atoms with Gasteiger partial charge in [-0.15, -0.1) is 0 Å². The lowest BCUT2D eigenvalue weighted by atomic mass is 9.94. The molecule has 3 amide bonds. The van der Waals surface area contributed by atoms with Crippen molar-refractivity contribution >= 4 is 23.5 Å². The van der Waals surface area contributed by atoms with Gasteiger partial charge in [-0.3, -0.25) is 19.0 Å². The highest BCUT2D eigenvalue weighted by molar-refractivity contribution is 5.91. The fraction of sp³-hybridized carbons (Fsp3) is 0.562. The van der Waals surface area contributed by atoms with Gasteiger partial charge in [0.2, 0.25) is 17.7 Å². The van der Waals surface area contributed by atoms with E-state index in [4.69, 9.17) is 21.3 Å². The van der Waals surface area contributed by atoms with Crippen LogP contribution in [0.3, 0.4) is 0 Å². The average Bonchev–Trinajstić information content (AvgIpc) is 2.71. The molecule has 1 aromatic heterocycles. The summed E-state index contributed by atoms with van der Waals surface area (Å²) in [4.78, 5) is 51.4. The molecule has 31 heavy (non-hydrogen) atoms. The van der Waals surface area contributed by atoms with Gasteiger partial charge in [-0.05, 0) is 13.1 Å². The number of hydrogen-bond acceptors (Lipinski definition) is 11. The van der Waals surface area contributed by atoms with Crippen molar-refractivity contribution in [2.75, 3.05) is 25.5 Å². The predicted molar refractivity (Wildman–Crippen MR) is 103 cm³/mol. The van der Waals surface area contributed by atoms with E-state index in [1.807, 2.05) is 0 Å². The van der Waals surface area contributed by atoms with Crippen molar-refractivity contribution < 1.29 is 34.4 Å². The van der Waals surface area contributed by atoms with Crippen molar-refractivity contribution in [3.63, 3.8) is 0 Å². The molecule has 0 unspecified atom stereocenters. The summed E-state index contributed by atoms with van der Waals surface area (Å²) in [5.41, 5.74) is 9.67. The Morgan fingerprint density at radius 2 is 2.00 bits per heavy atom. The minimum absolute atomic E-state index is 0.0231. The van der Waals surface area contributed by atoms with E-state index in [2.05, 4.69) is 20.9 Å². The minimum atomic E-state index is -1.78. The van der Waals surface area contributed by atoms with Crippen LogP contribution in [0.1, 0.15) is 6.23 Å². The number of aromatic nitrogens is 2. The largest absolute Gasteiger partial charge is 0.394 e. The molecule has 15 nitrogen and oxygen atoms in total. The van der Waals surface area contributed by atoms with Gasteiger partial charge in [-0.25, -0.2) is 4.79 Å². The molecule has 172 valence electrons. The number of hydrogen-bond donors (Lipinski definition) is 8. The van der Waals surface area contributed by atoms with Gasteiger partial charge in [0.05, 0.1) is 19.2 Å². The van der Waals surface area contributed by atoms with Gasteiger partial charge in [0.1, 0.15) is 24.1 Å². The van der Waals surface area contributed by atoms with Gasteiger partial charge in [0, 0.05) is 6.20 Å². The molecule has 6 atom stereocenters. The maximum Gasteiger partial charge on any atom is 0.351 e. The highest BCUT2D eigenvalue weighted by Gasteiger charge is 2.48. The van der Waals surface area contributed by atoms with Gasteiger partial charge in [-0.1, -0.05) is 0 Å². The summed E-state index contributed by atoms with van der Waals surface area (Å²) in [5.74, 6) is -2.58. The van der Waals surface area contributed by atoms with Gasteiger partial charge in [0.25, 0.3) is 0 Å². The molecule has 10 N–H and O–H groups in total. The van der Waals surface area contributed by atoms with E-state index in [1.54, 1.807) is 7.05 Å². The molecule has 1 fully saturated rings. The fourth-order valence-corrected chi connectivity index (χ4v) is 2.89. The second-order valence-corrected chi connectivity index (χ2v) is 6.74. The Hall–Kier alpha value is -2.95. The molecular weight excluding hydrogens is 418 g/mol. The van der Waals surface area contributed by atoms with E-state index in [0.717, 1.165) is 10.8 Å². The second kappa shape index (κ2) is 10.4. The van der Waals surface area contributed by atoms with E-state index >= 15 is 0 Å². The van der Waals surface area contributed by atoms with Gasteiger partial charge < -0.3 is 47.5 Å². The summed E-state index contributed by atoms with van der Waals surface area (Å²) < 4.78 is 6.11. The first-order chi connectivity index (χ1) is 14.6. The van der Waals surface area contributed by atoms with Crippen LogP contribution in [0.25, 0.3) is 0 Å². The average molecular weight is 443 g/mol. The van der Waals surface area contributed by atoms with Crippen LogP contribution in [0, 0.1) is 0 Å². The lowest BCUT2D eigenvalue weighted by molar-refractivity contribution is -0.211. The van der Waals surface area contributed by atoms with Crippen LogP contribution in [0.4, 0.5) is 5.82 Å². The number of likely N-dealkylation sites (N-methyl/N-ethyl adjacent to an activating group) is 1. The van der Waals surface area contributed by atoms with Crippen molar-refractivity contribution in [3.8, 4) is 0 Å². The van der Waals surface area contributed by atoms with Gasteiger partial charge in [0.15, 0.2) is 12.3 Å². The molecule has 0 spiro atoms. The van der Waals surface area contributed by atoms with E-state index < -0.39 is 66.6 Å². The molecule has 2 rings (SSSR count). The quantitative estimate of drug-likeness (QED) is 0.188. The molecule has 0 radical (unpaired) electrons. The summed E-state index contributed by atoms with van der Waals surface area (Å²) >= 11 is 0.